The maximum Gasteiger partial charge on any atom is 0.289 e. The highest BCUT2D eigenvalue weighted by atomic mass is 16.5. The van der Waals surface area contributed by atoms with Gasteiger partial charge < -0.3 is 9.84 Å². The Bertz CT molecular complexity index is 1290. The van der Waals surface area contributed by atoms with E-state index in [0.717, 1.165) is 22.6 Å². The molecule has 0 fully saturated rings. The van der Waals surface area contributed by atoms with Crippen molar-refractivity contribution in [2.45, 2.75) is 13.8 Å². The Hall–Kier alpha value is -4.40. The number of ether oxygens (including phenoxy) is 1. The van der Waals surface area contributed by atoms with Gasteiger partial charge in [-0.2, -0.15) is 15.3 Å². The first kappa shape index (κ1) is 20.9. The number of methoxy groups -OCH3 is 1. The first-order valence-electron chi connectivity index (χ1n) is 9.86. The molecule has 0 spiro atoms. The van der Waals surface area contributed by atoms with Gasteiger partial charge in [-0.1, -0.05) is 24.3 Å². The van der Waals surface area contributed by atoms with Gasteiger partial charge in [-0.05, 0) is 44.2 Å². The number of nitrogens with one attached hydrogen (secondary N) is 2. The second kappa shape index (κ2) is 8.76. The number of amides is 1. The number of hydrazone groups is 1. The average molecular weight is 430 g/mol. The van der Waals surface area contributed by atoms with Crippen LogP contribution in [0.2, 0.25) is 0 Å². The predicted molar refractivity (Wildman–Crippen MR) is 120 cm³/mol. The number of phenolic OH excluding ortho intramolecular Hbond substituents is 1. The number of aromatic hydroxyl groups is 1. The van der Waals surface area contributed by atoms with Gasteiger partial charge in [0.25, 0.3) is 5.91 Å². The van der Waals surface area contributed by atoms with Crippen LogP contribution < -0.4 is 10.2 Å². The number of aromatic amines is 1. The van der Waals surface area contributed by atoms with Gasteiger partial charge in [0.05, 0.1) is 36.1 Å². The van der Waals surface area contributed by atoms with Gasteiger partial charge in [-0.15, -0.1) is 0 Å². The number of hydrogen-bond acceptors (Lipinski definition) is 6. The number of rotatable bonds is 6. The van der Waals surface area contributed by atoms with Crippen molar-refractivity contribution < 1.29 is 14.6 Å². The Morgan fingerprint density at radius 2 is 1.97 bits per heavy atom. The maximum atomic E-state index is 12.5. The standard InChI is InChI=1S/C23H22N6O3/c1-14-21(15(2)29(28-14)17-9-5-4-6-10-17)18-12-19(26-25-18)23(31)27-24-13-16-8-7-11-20(32-3)22(16)30/h4-13,30H,1-3H3,(H,25,26)(H,27,31)/b24-13+. The molecule has 9 nitrogen and oxygen atoms in total. The third-order valence-electron chi connectivity index (χ3n) is 4.99. The molecule has 0 aliphatic rings. The van der Waals surface area contributed by atoms with Crippen molar-refractivity contribution in [3.63, 3.8) is 0 Å². The van der Waals surface area contributed by atoms with Gasteiger partial charge in [0, 0.05) is 11.1 Å². The Labute approximate surface area is 184 Å². The van der Waals surface area contributed by atoms with E-state index in [1.165, 1.54) is 13.3 Å². The summed E-state index contributed by atoms with van der Waals surface area (Å²) in [4.78, 5) is 12.5. The molecule has 1 amide bonds. The minimum Gasteiger partial charge on any atom is -0.504 e. The second-order valence-electron chi connectivity index (χ2n) is 7.06. The SMILES string of the molecule is COc1cccc(/C=N/NC(=O)c2cc(-c3c(C)nn(-c4ccccc4)c3C)n[nH]2)c1O. The van der Waals surface area contributed by atoms with E-state index in [2.05, 4.69) is 25.8 Å². The number of benzene rings is 2. The molecule has 0 atom stereocenters. The fourth-order valence-electron chi connectivity index (χ4n) is 3.43. The molecule has 0 saturated heterocycles. The molecule has 0 aliphatic carbocycles. The quantitative estimate of drug-likeness (QED) is 0.320. The molecule has 0 bridgehead atoms. The lowest BCUT2D eigenvalue weighted by Gasteiger charge is -2.04. The topological polar surface area (TPSA) is 117 Å². The summed E-state index contributed by atoms with van der Waals surface area (Å²) >= 11 is 0. The first-order chi connectivity index (χ1) is 15.5. The first-order valence-corrected chi connectivity index (χ1v) is 9.86. The van der Waals surface area contributed by atoms with E-state index in [1.807, 2.05) is 48.9 Å². The summed E-state index contributed by atoms with van der Waals surface area (Å²) in [5, 5.41) is 25.7. The van der Waals surface area contributed by atoms with Gasteiger partial charge in [0.1, 0.15) is 5.69 Å². The Morgan fingerprint density at radius 1 is 1.19 bits per heavy atom. The van der Waals surface area contributed by atoms with Crippen molar-refractivity contribution in [3.05, 3.63) is 77.2 Å². The Balaban J connectivity index is 1.52. The van der Waals surface area contributed by atoms with Crippen LogP contribution in [0, 0.1) is 13.8 Å². The molecule has 2 aromatic carbocycles. The number of phenols is 1. The summed E-state index contributed by atoms with van der Waals surface area (Å²) in [6.45, 7) is 3.86. The zero-order valence-electron chi connectivity index (χ0n) is 17.8. The maximum absolute atomic E-state index is 12.5. The summed E-state index contributed by atoms with van der Waals surface area (Å²) in [6, 6.07) is 16.5. The molecular formula is C23H22N6O3. The number of para-hydroxylation sites is 2. The molecule has 3 N–H and O–H groups in total. The fourth-order valence-corrected chi connectivity index (χ4v) is 3.43. The molecule has 0 aliphatic heterocycles. The third-order valence-corrected chi connectivity index (χ3v) is 4.99. The lowest BCUT2D eigenvalue weighted by molar-refractivity contribution is 0.0950. The number of aromatic nitrogens is 4. The summed E-state index contributed by atoms with van der Waals surface area (Å²) in [7, 11) is 1.46. The van der Waals surface area contributed by atoms with Crippen molar-refractivity contribution in [1.29, 1.82) is 0 Å². The molecule has 9 heteroatoms. The Kier molecular flexibility index (Phi) is 5.71. The van der Waals surface area contributed by atoms with E-state index in [9.17, 15) is 9.90 Å². The highest BCUT2D eigenvalue weighted by molar-refractivity contribution is 5.94. The third kappa shape index (κ3) is 3.95. The number of aryl methyl sites for hydroxylation is 1. The molecule has 0 radical (unpaired) electrons. The molecular weight excluding hydrogens is 408 g/mol. The number of H-pyrrole nitrogens is 1. The minimum absolute atomic E-state index is 0.0572. The second-order valence-corrected chi connectivity index (χ2v) is 7.06. The van der Waals surface area contributed by atoms with Crippen LogP contribution >= 0.6 is 0 Å². The summed E-state index contributed by atoms with van der Waals surface area (Å²) < 4.78 is 6.91. The van der Waals surface area contributed by atoms with Crippen LogP contribution in [-0.2, 0) is 0 Å². The largest absolute Gasteiger partial charge is 0.504 e. The van der Waals surface area contributed by atoms with Crippen molar-refractivity contribution in [3.8, 4) is 28.4 Å². The number of hydrogen-bond donors (Lipinski definition) is 3. The van der Waals surface area contributed by atoms with Gasteiger partial charge in [-0.3, -0.25) is 9.89 Å². The molecule has 2 heterocycles. The molecule has 4 rings (SSSR count). The minimum atomic E-state index is -0.465. The predicted octanol–water partition coefficient (Wildman–Crippen LogP) is 3.36. The fraction of sp³-hybridized carbons (Fsp3) is 0.130. The van der Waals surface area contributed by atoms with Gasteiger partial charge >= 0.3 is 0 Å². The summed E-state index contributed by atoms with van der Waals surface area (Å²) in [5.74, 6) is -0.202. The molecule has 4 aromatic rings. The van der Waals surface area contributed by atoms with E-state index < -0.39 is 5.91 Å². The average Bonchev–Trinajstić information content (AvgIpc) is 3.39. The van der Waals surface area contributed by atoms with Crippen molar-refractivity contribution in [1.82, 2.24) is 25.4 Å². The van der Waals surface area contributed by atoms with Gasteiger partial charge in [-0.25, -0.2) is 10.1 Å². The van der Waals surface area contributed by atoms with Crippen LogP contribution in [0.5, 0.6) is 11.5 Å². The summed E-state index contributed by atoms with van der Waals surface area (Å²) in [6.07, 6.45) is 1.34. The van der Waals surface area contributed by atoms with E-state index in [-0.39, 0.29) is 11.4 Å². The summed E-state index contributed by atoms with van der Waals surface area (Å²) in [5.41, 5.74) is 7.22. The van der Waals surface area contributed by atoms with E-state index >= 15 is 0 Å². The van der Waals surface area contributed by atoms with E-state index in [0.29, 0.717) is 17.0 Å². The molecule has 2 aromatic heterocycles. The van der Waals surface area contributed by atoms with E-state index in [4.69, 9.17) is 4.74 Å². The lowest BCUT2D eigenvalue weighted by Crippen LogP contribution is -2.18. The normalized spacial score (nSPS) is 11.1. The number of carbonyl (C=O) groups excluding carboxylic acids is 1. The molecule has 32 heavy (non-hydrogen) atoms. The number of nitrogens with zero attached hydrogens (tertiary/aromatic N) is 4. The molecule has 0 saturated carbocycles. The van der Waals surface area contributed by atoms with Crippen molar-refractivity contribution in [2.75, 3.05) is 7.11 Å². The molecule has 0 unspecified atom stereocenters. The van der Waals surface area contributed by atoms with Crippen LogP contribution in [-0.4, -0.2) is 44.3 Å². The zero-order chi connectivity index (χ0) is 22.7. The number of carbonyl (C=O) groups is 1. The van der Waals surface area contributed by atoms with Crippen LogP contribution in [0.15, 0.2) is 59.7 Å². The highest BCUT2D eigenvalue weighted by Crippen LogP contribution is 2.29. The van der Waals surface area contributed by atoms with Crippen molar-refractivity contribution >= 4 is 12.1 Å². The zero-order valence-corrected chi connectivity index (χ0v) is 17.8. The van der Waals surface area contributed by atoms with Crippen LogP contribution in [0.4, 0.5) is 0 Å². The van der Waals surface area contributed by atoms with Crippen molar-refractivity contribution in [2.24, 2.45) is 5.10 Å². The molecule has 162 valence electrons. The van der Waals surface area contributed by atoms with Crippen LogP contribution in [0.25, 0.3) is 16.9 Å². The monoisotopic (exact) mass is 430 g/mol. The van der Waals surface area contributed by atoms with E-state index in [1.54, 1.807) is 24.3 Å². The smallest absolute Gasteiger partial charge is 0.289 e. The Morgan fingerprint density at radius 3 is 2.72 bits per heavy atom. The van der Waals surface area contributed by atoms with Gasteiger partial charge in [0.2, 0.25) is 0 Å². The highest BCUT2D eigenvalue weighted by Gasteiger charge is 2.19. The van der Waals surface area contributed by atoms with Crippen LogP contribution in [0.1, 0.15) is 27.4 Å². The van der Waals surface area contributed by atoms with Gasteiger partial charge in [0.15, 0.2) is 11.5 Å². The van der Waals surface area contributed by atoms with Crippen LogP contribution in [0.3, 0.4) is 0 Å². The lowest BCUT2D eigenvalue weighted by atomic mass is 10.1.